The van der Waals surface area contributed by atoms with E-state index in [0.29, 0.717) is 11.8 Å². The van der Waals surface area contributed by atoms with Gasteiger partial charge >= 0.3 is 0 Å². The van der Waals surface area contributed by atoms with Crippen molar-refractivity contribution in [3.05, 3.63) is 24.0 Å². The number of hydrogen-bond donors (Lipinski definition) is 1. The van der Waals surface area contributed by atoms with Gasteiger partial charge in [-0.15, -0.1) is 0 Å². The third kappa shape index (κ3) is 2.70. The fourth-order valence-corrected chi connectivity index (χ4v) is 4.48. The number of amides is 1. The number of aliphatic hydroxyl groups excluding tert-OH is 1. The quantitative estimate of drug-likeness (QED) is 0.904. The number of carbonyl (C=O) groups is 1. The highest BCUT2D eigenvalue weighted by molar-refractivity contribution is 5.81. The van der Waals surface area contributed by atoms with Crippen molar-refractivity contribution in [2.75, 3.05) is 32.8 Å². The van der Waals surface area contributed by atoms with Gasteiger partial charge in [-0.3, -0.25) is 9.69 Å². The highest BCUT2D eigenvalue weighted by Gasteiger charge is 2.51. The molecule has 3 heterocycles. The third-order valence-corrected chi connectivity index (χ3v) is 6.13. The second-order valence-corrected chi connectivity index (χ2v) is 7.82. The second kappa shape index (κ2) is 5.64. The number of nitrogens with zero attached hydrogens (tertiary/aromatic N) is 3. The molecule has 5 nitrogen and oxygen atoms in total. The number of aryl methyl sites for hydroxylation is 1. The molecule has 0 bridgehead atoms. The molecule has 1 aromatic rings. The highest BCUT2D eigenvalue weighted by atomic mass is 16.3. The minimum atomic E-state index is -0.117. The summed E-state index contributed by atoms with van der Waals surface area (Å²) in [6.07, 6.45) is 5.28. The number of aromatic nitrogens is 1. The van der Waals surface area contributed by atoms with Crippen LogP contribution in [0.1, 0.15) is 25.0 Å². The number of rotatable bonds is 4. The molecule has 0 radical (unpaired) electrons. The van der Waals surface area contributed by atoms with Crippen LogP contribution in [-0.2, 0) is 18.4 Å². The van der Waals surface area contributed by atoms with Gasteiger partial charge in [0.1, 0.15) is 0 Å². The number of aliphatic hydroxyl groups is 1. The summed E-state index contributed by atoms with van der Waals surface area (Å²) in [4.78, 5) is 16.9. The van der Waals surface area contributed by atoms with Gasteiger partial charge < -0.3 is 14.6 Å². The maximum absolute atomic E-state index is 12.4. The molecule has 1 N–H and O–H groups in total. The maximum atomic E-state index is 12.4. The second-order valence-electron chi connectivity index (χ2n) is 7.82. The molecule has 3 aliphatic rings. The van der Waals surface area contributed by atoms with Gasteiger partial charge in [-0.1, -0.05) is 0 Å². The smallest absolute Gasteiger partial charge is 0.225 e. The molecular weight excluding hydrogens is 290 g/mol. The summed E-state index contributed by atoms with van der Waals surface area (Å²) in [5.74, 6) is 1.08. The molecule has 1 aliphatic carbocycles. The summed E-state index contributed by atoms with van der Waals surface area (Å²) in [5, 5.41) is 10.1. The Morgan fingerprint density at radius 2 is 2.17 bits per heavy atom. The van der Waals surface area contributed by atoms with Crippen LogP contribution in [0.2, 0.25) is 0 Å². The van der Waals surface area contributed by atoms with Crippen LogP contribution in [0.5, 0.6) is 0 Å². The van der Waals surface area contributed by atoms with Crippen LogP contribution in [0.3, 0.4) is 0 Å². The molecule has 5 heteroatoms. The Morgan fingerprint density at radius 3 is 2.83 bits per heavy atom. The molecule has 1 saturated carbocycles. The lowest BCUT2D eigenvalue weighted by Gasteiger charge is -2.43. The topological polar surface area (TPSA) is 48.7 Å². The zero-order chi connectivity index (χ0) is 16.0. The van der Waals surface area contributed by atoms with Crippen molar-refractivity contribution < 1.29 is 9.90 Å². The van der Waals surface area contributed by atoms with Crippen LogP contribution < -0.4 is 0 Å². The first kappa shape index (κ1) is 15.2. The van der Waals surface area contributed by atoms with Crippen molar-refractivity contribution in [3.8, 4) is 0 Å². The van der Waals surface area contributed by atoms with Gasteiger partial charge in [0.15, 0.2) is 0 Å². The Morgan fingerprint density at radius 1 is 1.35 bits per heavy atom. The van der Waals surface area contributed by atoms with E-state index in [1.54, 1.807) is 0 Å². The zero-order valence-corrected chi connectivity index (χ0v) is 13.9. The van der Waals surface area contributed by atoms with Crippen LogP contribution in [0.4, 0.5) is 0 Å². The van der Waals surface area contributed by atoms with E-state index < -0.39 is 0 Å². The Kier molecular flexibility index (Phi) is 3.73. The fraction of sp³-hybridized carbons (Fsp3) is 0.722. The summed E-state index contributed by atoms with van der Waals surface area (Å²) >= 11 is 0. The van der Waals surface area contributed by atoms with E-state index in [9.17, 15) is 9.90 Å². The number of fused-ring (bicyclic) bond motifs is 1. The summed E-state index contributed by atoms with van der Waals surface area (Å²) in [5.41, 5.74) is 1.19. The van der Waals surface area contributed by atoms with E-state index in [1.165, 1.54) is 5.69 Å². The van der Waals surface area contributed by atoms with Crippen molar-refractivity contribution in [3.63, 3.8) is 0 Å². The first-order valence-corrected chi connectivity index (χ1v) is 8.83. The molecule has 0 aromatic carbocycles. The number of hydrogen-bond acceptors (Lipinski definition) is 3. The van der Waals surface area contributed by atoms with E-state index in [4.69, 9.17) is 0 Å². The van der Waals surface area contributed by atoms with E-state index >= 15 is 0 Å². The first-order chi connectivity index (χ1) is 11.1. The van der Waals surface area contributed by atoms with Crippen molar-refractivity contribution in [2.24, 2.45) is 24.3 Å². The number of carbonyl (C=O) groups excluding carboxylic acids is 1. The molecule has 2 aliphatic heterocycles. The van der Waals surface area contributed by atoms with Gasteiger partial charge in [-0.05, 0) is 43.9 Å². The molecule has 2 saturated heterocycles. The van der Waals surface area contributed by atoms with Crippen LogP contribution in [-0.4, -0.2) is 58.2 Å². The van der Waals surface area contributed by atoms with Crippen LogP contribution in [0.15, 0.2) is 18.3 Å². The van der Waals surface area contributed by atoms with Gasteiger partial charge in [0.2, 0.25) is 5.91 Å². The van der Waals surface area contributed by atoms with Crippen molar-refractivity contribution >= 4 is 5.91 Å². The monoisotopic (exact) mass is 317 g/mol. The number of piperidine rings is 1. The zero-order valence-electron chi connectivity index (χ0n) is 13.9. The summed E-state index contributed by atoms with van der Waals surface area (Å²) in [7, 11) is 2.08. The highest BCUT2D eigenvalue weighted by Crippen LogP contribution is 2.44. The van der Waals surface area contributed by atoms with E-state index in [-0.39, 0.29) is 17.9 Å². The van der Waals surface area contributed by atoms with Crippen molar-refractivity contribution in [2.45, 2.75) is 25.8 Å². The molecule has 23 heavy (non-hydrogen) atoms. The van der Waals surface area contributed by atoms with Gasteiger partial charge in [-0.2, -0.15) is 0 Å². The SMILES string of the molecule is Cn1cccc1CN1CC[C@H]2CN(C(=O)C3CC3)C[C@@]2(CO)C1. The van der Waals surface area contributed by atoms with E-state index in [1.807, 2.05) is 4.90 Å². The number of likely N-dealkylation sites (tertiary alicyclic amines) is 2. The van der Waals surface area contributed by atoms with Crippen molar-refractivity contribution in [1.29, 1.82) is 0 Å². The lowest BCUT2D eigenvalue weighted by molar-refractivity contribution is -0.132. The minimum absolute atomic E-state index is 0.117. The Labute approximate surface area is 137 Å². The van der Waals surface area contributed by atoms with Gasteiger partial charge in [0.25, 0.3) is 0 Å². The molecule has 1 amide bonds. The van der Waals surface area contributed by atoms with Gasteiger partial charge in [0.05, 0.1) is 6.61 Å². The van der Waals surface area contributed by atoms with Gasteiger partial charge in [0, 0.05) is 56.5 Å². The predicted octanol–water partition coefficient (Wildman–Crippen LogP) is 1.08. The molecular formula is C18H27N3O2. The minimum Gasteiger partial charge on any atom is -0.396 e. The average molecular weight is 317 g/mol. The Bertz CT molecular complexity index is 595. The summed E-state index contributed by atoms with van der Waals surface area (Å²) < 4.78 is 2.16. The van der Waals surface area contributed by atoms with Crippen LogP contribution in [0, 0.1) is 17.3 Å². The van der Waals surface area contributed by atoms with Crippen molar-refractivity contribution in [1.82, 2.24) is 14.4 Å². The molecule has 126 valence electrons. The molecule has 4 rings (SSSR count). The Hall–Kier alpha value is -1.33. The molecule has 0 unspecified atom stereocenters. The molecule has 1 aromatic heterocycles. The molecule has 3 fully saturated rings. The van der Waals surface area contributed by atoms with Gasteiger partial charge in [-0.25, -0.2) is 0 Å². The fourth-order valence-electron chi connectivity index (χ4n) is 4.48. The van der Waals surface area contributed by atoms with E-state index in [2.05, 4.69) is 34.8 Å². The normalized spacial score (nSPS) is 31.4. The standard InChI is InChI=1S/C18H27N3O2/c1-19-7-2-3-16(19)10-20-8-6-15-9-21(17(23)14-4-5-14)12-18(15,11-20)13-22/h2-3,7,14-15,22H,4-6,8-13H2,1H3/t15-,18+/m0/s1. The average Bonchev–Trinajstić information content (AvgIpc) is 3.22. The van der Waals surface area contributed by atoms with E-state index in [0.717, 1.165) is 52.0 Å². The lowest BCUT2D eigenvalue weighted by Crippen LogP contribution is -2.50. The largest absolute Gasteiger partial charge is 0.396 e. The lowest BCUT2D eigenvalue weighted by atomic mass is 9.74. The third-order valence-electron chi connectivity index (χ3n) is 6.13. The summed E-state index contributed by atoms with van der Waals surface area (Å²) in [6, 6.07) is 4.24. The predicted molar refractivity (Wildman–Crippen MR) is 87.6 cm³/mol. The molecule has 2 atom stereocenters. The van der Waals surface area contributed by atoms with Crippen LogP contribution in [0.25, 0.3) is 0 Å². The molecule has 0 spiro atoms. The Balaban J connectivity index is 1.46. The maximum Gasteiger partial charge on any atom is 0.225 e. The summed E-state index contributed by atoms with van der Waals surface area (Å²) in [6.45, 7) is 4.67. The first-order valence-electron chi connectivity index (χ1n) is 8.83. The van der Waals surface area contributed by atoms with Crippen LogP contribution >= 0.6 is 0 Å².